The summed E-state index contributed by atoms with van der Waals surface area (Å²) < 4.78 is 13.1. The Hall–Kier alpha value is -0.760. The molecule has 0 radical (unpaired) electrons. The minimum atomic E-state index is -0.145. The van der Waals surface area contributed by atoms with Crippen LogP contribution in [0.3, 0.4) is 0 Å². The number of thioether (sulfide) groups is 1. The first-order valence-electron chi connectivity index (χ1n) is 6.56. The maximum Gasteiger partial charge on any atom is 0.124 e. The van der Waals surface area contributed by atoms with Gasteiger partial charge in [-0.15, -0.1) is 11.8 Å². The lowest BCUT2D eigenvalue weighted by Crippen LogP contribution is -2.21. The number of hydrogen-bond acceptors (Lipinski definition) is 1. The molecule has 2 heteroatoms. The van der Waals surface area contributed by atoms with E-state index in [0.29, 0.717) is 5.41 Å². The van der Waals surface area contributed by atoms with E-state index in [1.165, 1.54) is 30.9 Å². The summed E-state index contributed by atoms with van der Waals surface area (Å²) in [6, 6.07) is 6.89. The van der Waals surface area contributed by atoms with Crippen LogP contribution in [0.1, 0.15) is 40.0 Å². The highest BCUT2D eigenvalue weighted by atomic mass is 32.2. The quantitative estimate of drug-likeness (QED) is 0.517. The van der Waals surface area contributed by atoms with Gasteiger partial charge in [-0.05, 0) is 49.8 Å². The molecule has 1 aliphatic carbocycles. The molecule has 1 aromatic rings. The number of benzene rings is 1. The molecule has 0 spiro atoms. The molecular formula is C16H21FS. The summed E-state index contributed by atoms with van der Waals surface area (Å²) in [6.45, 7) is 6.91. The Bertz CT molecular complexity index is 460. The normalized spacial score (nSPS) is 19.1. The van der Waals surface area contributed by atoms with Crippen LogP contribution in [0.2, 0.25) is 0 Å². The van der Waals surface area contributed by atoms with Crippen LogP contribution in [-0.4, -0.2) is 5.75 Å². The maximum absolute atomic E-state index is 13.1. The molecule has 2 rings (SSSR count). The van der Waals surface area contributed by atoms with E-state index in [-0.39, 0.29) is 5.82 Å². The van der Waals surface area contributed by atoms with Crippen molar-refractivity contribution in [2.75, 3.05) is 5.75 Å². The lowest BCUT2D eigenvalue weighted by molar-refractivity contribution is 0.369. The molecular weight excluding hydrogens is 243 g/mol. The van der Waals surface area contributed by atoms with Crippen LogP contribution in [0, 0.1) is 11.2 Å². The van der Waals surface area contributed by atoms with Crippen LogP contribution >= 0.6 is 11.8 Å². The number of rotatable bonds is 3. The van der Waals surface area contributed by atoms with E-state index >= 15 is 0 Å². The second-order valence-corrected chi connectivity index (χ2v) is 6.79. The van der Waals surface area contributed by atoms with Gasteiger partial charge < -0.3 is 0 Å². The van der Waals surface area contributed by atoms with Gasteiger partial charge in [0.15, 0.2) is 0 Å². The van der Waals surface area contributed by atoms with Crippen molar-refractivity contribution >= 4 is 11.8 Å². The molecule has 0 heterocycles. The molecule has 1 aromatic carbocycles. The second kappa shape index (κ2) is 5.48. The Morgan fingerprint density at radius 3 is 2.78 bits per heavy atom. The minimum absolute atomic E-state index is 0.145. The zero-order valence-electron chi connectivity index (χ0n) is 11.4. The minimum Gasteiger partial charge on any atom is -0.207 e. The third-order valence-corrected chi connectivity index (χ3v) is 4.89. The smallest absolute Gasteiger partial charge is 0.124 e. The van der Waals surface area contributed by atoms with Gasteiger partial charge in [0, 0.05) is 10.6 Å². The third-order valence-electron chi connectivity index (χ3n) is 3.86. The summed E-state index contributed by atoms with van der Waals surface area (Å²) in [4.78, 5) is 1.02. The third kappa shape index (κ3) is 3.17. The van der Waals surface area contributed by atoms with E-state index in [0.717, 1.165) is 10.6 Å². The van der Waals surface area contributed by atoms with Crippen molar-refractivity contribution in [1.82, 2.24) is 0 Å². The summed E-state index contributed by atoms with van der Waals surface area (Å²) in [5, 5.41) is 0. The van der Waals surface area contributed by atoms with Gasteiger partial charge in [0.05, 0.1) is 0 Å². The number of hydrogen-bond donors (Lipinski definition) is 0. The molecule has 0 atom stereocenters. The molecule has 0 nitrogen and oxygen atoms in total. The first-order chi connectivity index (χ1) is 8.49. The van der Waals surface area contributed by atoms with Gasteiger partial charge in [0.25, 0.3) is 0 Å². The summed E-state index contributed by atoms with van der Waals surface area (Å²) in [5.41, 5.74) is 3.40. The fourth-order valence-electron chi connectivity index (χ4n) is 2.71. The Labute approximate surface area is 114 Å². The standard InChI is InChI=1S/C16H21FS/c1-12-6-5-9-16(2,3)15(12)11-18-14-8-4-7-13(17)10-14/h4,7-8,10H,5-6,9,11H2,1-3H3. The van der Waals surface area contributed by atoms with E-state index in [9.17, 15) is 4.39 Å². The van der Waals surface area contributed by atoms with Crippen LogP contribution in [-0.2, 0) is 0 Å². The molecule has 0 saturated heterocycles. The molecule has 0 aromatic heterocycles. The Morgan fingerprint density at radius 1 is 1.33 bits per heavy atom. The van der Waals surface area contributed by atoms with Crippen LogP contribution in [0.25, 0.3) is 0 Å². The van der Waals surface area contributed by atoms with Crippen molar-refractivity contribution in [2.45, 2.75) is 44.9 Å². The van der Waals surface area contributed by atoms with Gasteiger partial charge in [-0.3, -0.25) is 0 Å². The van der Waals surface area contributed by atoms with E-state index in [4.69, 9.17) is 0 Å². The highest BCUT2D eigenvalue weighted by Crippen LogP contribution is 2.42. The highest BCUT2D eigenvalue weighted by Gasteiger charge is 2.27. The van der Waals surface area contributed by atoms with Crippen LogP contribution in [0.15, 0.2) is 40.3 Å². The zero-order chi connectivity index (χ0) is 13.2. The molecule has 0 N–H and O–H groups in total. The SMILES string of the molecule is CC1=C(CSc2cccc(F)c2)C(C)(C)CCC1. The average molecular weight is 264 g/mol. The summed E-state index contributed by atoms with van der Waals surface area (Å²) in [7, 11) is 0. The van der Waals surface area contributed by atoms with E-state index in [1.807, 2.05) is 6.07 Å². The van der Waals surface area contributed by atoms with E-state index in [2.05, 4.69) is 20.8 Å². The summed E-state index contributed by atoms with van der Waals surface area (Å²) >= 11 is 1.75. The van der Waals surface area contributed by atoms with Crippen LogP contribution < -0.4 is 0 Å². The number of halogens is 1. The maximum atomic E-state index is 13.1. The molecule has 0 amide bonds. The summed E-state index contributed by atoms with van der Waals surface area (Å²) in [6.07, 6.45) is 3.79. The van der Waals surface area contributed by atoms with Gasteiger partial charge in [0.1, 0.15) is 5.82 Å². The zero-order valence-corrected chi connectivity index (χ0v) is 12.2. The first kappa shape index (κ1) is 13.7. The van der Waals surface area contributed by atoms with E-state index < -0.39 is 0 Å². The van der Waals surface area contributed by atoms with Gasteiger partial charge in [-0.2, -0.15) is 0 Å². The lowest BCUT2D eigenvalue weighted by atomic mass is 9.73. The Balaban J connectivity index is 2.09. The fourth-order valence-corrected chi connectivity index (χ4v) is 4.02. The van der Waals surface area contributed by atoms with Crippen molar-refractivity contribution in [3.05, 3.63) is 41.2 Å². The fraction of sp³-hybridized carbons (Fsp3) is 0.500. The average Bonchev–Trinajstić information content (AvgIpc) is 2.27. The van der Waals surface area contributed by atoms with Crippen molar-refractivity contribution in [3.63, 3.8) is 0 Å². The molecule has 0 bridgehead atoms. The van der Waals surface area contributed by atoms with Crippen molar-refractivity contribution in [2.24, 2.45) is 5.41 Å². The van der Waals surface area contributed by atoms with Gasteiger partial charge in [-0.1, -0.05) is 31.1 Å². The van der Waals surface area contributed by atoms with Gasteiger partial charge >= 0.3 is 0 Å². The molecule has 18 heavy (non-hydrogen) atoms. The molecule has 0 fully saturated rings. The van der Waals surface area contributed by atoms with E-state index in [1.54, 1.807) is 29.5 Å². The van der Waals surface area contributed by atoms with Crippen LogP contribution in [0.5, 0.6) is 0 Å². The summed E-state index contributed by atoms with van der Waals surface area (Å²) in [5.74, 6) is 0.844. The predicted molar refractivity (Wildman–Crippen MR) is 77.5 cm³/mol. The number of allylic oxidation sites excluding steroid dienone is 1. The van der Waals surface area contributed by atoms with Crippen molar-refractivity contribution in [1.29, 1.82) is 0 Å². The van der Waals surface area contributed by atoms with Gasteiger partial charge in [0.2, 0.25) is 0 Å². The monoisotopic (exact) mass is 264 g/mol. The van der Waals surface area contributed by atoms with Crippen molar-refractivity contribution < 1.29 is 4.39 Å². The Morgan fingerprint density at radius 2 is 2.11 bits per heavy atom. The molecule has 0 aliphatic heterocycles. The molecule has 1 aliphatic rings. The molecule has 0 unspecified atom stereocenters. The van der Waals surface area contributed by atoms with Gasteiger partial charge in [-0.25, -0.2) is 4.39 Å². The molecule has 98 valence electrons. The predicted octanol–water partition coefficient (Wildman–Crippen LogP) is 5.44. The lowest BCUT2D eigenvalue weighted by Gasteiger charge is -2.34. The van der Waals surface area contributed by atoms with Crippen molar-refractivity contribution in [3.8, 4) is 0 Å². The Kier molecular flexibility index (Phi) is 4.16. The topological polar surface area (TPSA) is 0 Å². The van der Waals surface area contributed by atoms with Crippen LogP contribution in [0.4, 0.5) is 4.39 Å². The first-order valence-corrected chi connectivity index (χ1v) is 7.55. The second-order valence-electron chi connectivity index (χ2n) is 5.74. The molecule has 0 saturated carbocycles. The largest absolute Gasteiger partial charge is 0.207 e. The highest BCUT2D eigenvalue weighted by molar-refractivity contribution is 7.99.